The summed E-state index contributed by atoms with van der Waals surface area (Å²) in [6, 6.07) is 21.1. The number of benzene rings is 3. The third-order valence-corrected chi connectivity index (χ3v) is 5.83. The van der Waals surface area contributed by atoms with Crippen molar-refractivity contribution in [1.29, 1.82) is 0 Å². The van der Waals surface area contributed by atoms with Gasteiger partial charge in [-0.1, -0.05) is 30.3 Å². The lowest BCUT2D eigenvalue weighted by Gasteiger charge is -2.21. The maximum absolute atomic E-state index is 13.0. The van der Waals surface area contributed by atoms with Crippen molar-refractivity contribution in [3.05, 3.63) is 77.9 Å². The molecule has 8 nitrogen and oxygen atoms in total. The Labute approximate surface area is 205 Å². The molecule has 0 aliphatic heterocycles. The second kappa shape index (κ2) is 10.9. The number of nitrogens with one attached hydrogen (secondary N) is 2. The third-order valence-electron chi connectivity index (χ3n) is 5.83. The number of anilines is 3. The lowest BCUT2D eigenvalue weighted by Crippen LogP contribution is -2.23. The van der Waals surface area contributed by atoms with Gasteiger partial charge in [0.1, 0.15) is 12.4 Å². The zero-order chi connectivity index (χ0) is 24.8. The number of nitrogens with two attached hydrogens (primary N) is 1. The first-order chi connectivity index (χ1) is 16.9. The number of nitrogen functional groups attached to an aromatic ring is 1. The van der Waals surface area contributed by atoms with E-state index in [-0.39, 0.29) is 5.91 Å². The molecule has 4 rings (SSSR count). The molecule has 0 bridgehead atoms. The average molecular weight is 473 g/mol. The van der Waals surface area contributed by atoms with Crippen molar-refractivity contribution in [3.63, 3.8) is 0 Å². The van der Waals surface area contributed by atoms with E-state index in [1.165, 1.54) is 0 Å². The zero-order valence-corrected chi connectivity index (χ0v) is 20.4. The van der Waals surface area contributed by atoms with Crippen LogP contribution in [0.5, 0.6) is 5.75 Å². The topological polar surface area (TPSA) is 99.5 Å². The number of aromatic amines is 1. The van der Waals surface area contributed by atoms with Gasteiger partial charge in [0.15, 0.2) is 5.82 Å². The largest absolute Gasteiger partial charge is 0.489 e. The summed E-state index contributed by atoms with van der Waals surface area (Å²) in [6.45, 7) is 2.37. The lowest BCUT2D eigenvalue weighted by molar-refractivity contribution is 0.102. The first-order valence-electron chi connectivity index (χ1n) is 11.6. The number of nitrogens with zero attached hydrogens (tertiary/aromatic N) is 3. The van der Waals surface area contributed by atoms with Crippen LogP contribution in [0.4, 0.5) is 17.2 Å². The molecule has 8 heteroatoms. The molecule has 0 aliphatic rings. The summed E-state index contributed by atoms with van der Waals surface area (Å²) in [5, 5.41) is 10.9. The predicted octanol–water partition coefficient (Wildman–Crippen LogP) is 4.36. The number of fused-ring (bicyclic) bond motifs is 1. The summed E-state index contributed by atoms with van der Waals surface area (Å²) in [5.74, 6) is 0.812. The van der Waals surface area contributed by atoms with Crippen LogP contribution in [-0.2, 0) is 6.61 Å². The highest BCUT2D eigenvalue weighted by Crippen LogP contribution is 2.27. The van der Waals surface area contributed by atoms with Gasteiger partial charge >= 0.3 is 0 Å². The Morgan fingerprint density at radius 3 is 2.57 bits per heavy atom. The fraction of sp³-hybridized carbons (Fsp3) is 0.259. The number of amides is 1. The number of ether oxygens (including phenoxy) is 1. The normalized spacial score (nSPS) is 11.1. The fourth-order valence-corrected chi connectivity index (χ4v) is 3.84. The van der Waals surface area contributed by atoms with E-state index in [0.29, 0.717) is 29.4 Å². The molecule has 1 amide bonds. The molecule has 0 atom stereocenters. The Bertz CT molecular complexity index is 1290. The number of hydrogen-bond donors (Lipinski definition) is 3. The summed E-state index contributed by atoms with van der Waals surface area (Å²) in [4.78, 5) is 17.3. The molecule has 0 radical (unpaired) electrons. The molecule has 4 aromatic rings. The van der Waals surface area contributed by atoms with Crippen LogP contribution in [-0.4, -0.2) is 55.2 Å². The number of H-pyrrole nitrogens is 1. The molecule has 3 aromatic carbocycles. The van der Waals surface area contributed by atoms with Crippen LogP contribution in [0.1, 0.15) is 22.3 Å². The first kappa shape index (κ1) is 24.1. The van der Waals surface area contributed by atoms with Gasteiger partial charge in [-0.15, -0.1) is 0 Å². The van der Waals surface area contributed by atoms with Gasteiger partial charge in [0.2, 0.25) is 0 Å². The Balaban J connectivity index is 1.44. The molecule has 1 aromatic heterocycles. The maximum Gasteiger partial charge on any atom is 0.258 e. The van der Waals surface area contributed by atoms with Crippen LogP contribution in [0, 0.1) is 0 Å². The predicted molar refractivity (Wildman–Crippen MR) is 142 cm³/mol. The number of carbonyl (C=O) groups excluding carboxylic acids is 1. The third kappa shape index (κ3) is 6.10. The maximum atomic E-state index is 13.0. The van der Waals surface area contributed by atoms with E-state index >= 15 is 0 Å². The van der Waals surface area contributed by atoms with Crippen molar-refractivity contribution in [2.75, 3.05) is 50.2 Å². The molecule has 0 fully saturated rings. The highest BCUT2D eigenvalue weighted by molar-refractivity contribution is 6.10. The van der Waals surface area contributed by atoms with Gasteiger partial charge in [0, 0.05) is 30.4 Å². The lowest BCUT2D eigenvalue weighted by atomic mass is 10.1. The molecule has 0 saturated carbocycles. The minimum atomic E-state index is -0.312. The van der Waals surface area contributed by atoms with Gasteiger partial charge in [-0.25, -0.2) is 0 Å². The van der Waals surface area contributed by atoms with Gasteiger partial charge in [0.25, 0.3) is 5.91 Å². The molecular formula is C27H32N6O2. The number of rotatable bonds is 10. The summed E-state index contributed by atoms with van der Waals surface area (Å²) >= 11 is 0. The van der Waals surface area contributed by atoms with Crippen LogP contribution < -0.4 is 20.7 Å². The van der Waals surface area contributed by atoms with Crippen molar-refractivity contribution < 1.29 is 9.53 Å². The standard InChI is InChI=1S/C27H32N6O2/c1-32(2)14-7-15-33(3)20-10-12-22(24(28)16-20)27(34)29-26-23-17-21(11-13-25(23)30-31-26)35-18-19-8-5-4-6-9-19/h4-6,8-13,16-17H,7,14-15,18,28H2,1-3H3,(H2,29,30,31,34). The van der Waals surface area contributed by atoms with Gasteiger partial charge in [-0.3, -0.25) is 9.89 Å². The zero-order valence-electron chi connectivity index (χ0n) is 20.4. The fourth-order valence-electron chi connectivity index (χ4n) is 3.84. The highest BCUT2D eigenvalue weighted by atomic mass is 16.5. The summed E-state index contributed by atoms with van der Waals surface area (Å²) in [7, 11) is 6.15. The van der Waals surface area contributed by atoms with E-state index in [4.69, 9.17) is 10.5 Å². The van der Waals surface area contributed by atoms with E-state index in [2.05, 4.69) is 39.4 Å². The number of hydrogen-bond acceptors (Lipinski definition) is 6. The molecule has 0 unspecified atom stereocenters. The van der Waals surface area contributed by atoms with Crippen molar-refractivity contribution in [2.45, 2.75) is 13.0 Å². The average Bonchev–Trinajstić information content (AvgIpc) is 3.24. The van der Waals surface area contributed by atoms with E-state index in [1.807, 2.05) is 67.7 Å². The Hall–Kier alpha value is -4.04. The quantitative estimate of drug-likeness (QED) is 0.297. The van der Waals surface area contributed by atoms with E-state index < -0.39 is 0 Å². The van der Waals surface area contributed by atoms with Crippen molar-refractivity contribution >= 4 is 34.0 Å². The Morgan fingerprint density at radius 1 is 1.03 bits per heavy atom. The van der Waals surface area contributed by atoms with E-state index in [1.54, 1.807) is 6.07 Å². The van der Waals surface area contributed by atoms with Crippen molar-refractivity contribution in [1.82, 2.24) is 15.1 Å². The second-order valence-electron chi connectivity index (χ2n) is 8.86. The molecule has 35 heavy (non-hydrogen) atoms. The SMILES string of the molecule is CN(C)CCCN(C)c1ccc(C(=O)Nc2n[nH]c3ccc(OCc4ccccc4)cc23)c(N)c1. The molecular weight excluding hydrogens is 440 g/mol. The van der Waals surface area contributed by atoms with Gasteiger partial charge < -0.3 is 25.6 Å². The Morgan fingerprint density at radius 2 is 1.83 bits per heavy atom. The summed E-state index contributed by atoms with van der Waals surface area (Å²) < 4.78 is 5.93. The van der Waals surface area contributed by atoms with Crippen LogP contribution >= 0.6 is 0 Å². The molecule has 0 aliphatic carbocycles. The van der Waals surface area contributed by atoms with Crippen LogP contribution in [0.3, 0.4) is 0 Å². The summed E-state index contributed by atoms with van der Waals surface area (Å²) in [5.41, 5.74) is 9.94. The van der Waals surface area contributed by atoms with Crippen molar-refractivity contribution in [3.8, 4) is 5.75 Å². The molecule has 4 N–H and O–H groups in total. The van der Waals surface area contributed by atoms with Crippen LogP contribution in [0.2, 0.25) is 0 Å². The van der Waals surface area contributed by atoms with E-state index in [0.717, 1.165) is 41.7 Å². The smallest absolute Gasteiger partial charge is 0.258 e. The minimum absolute atomic E-state index is 0.312. The van der Waals surface area contributed by atoms with E-state index in [9.17, 15) is 4.79 Å². The molecule has 1 heterocycles. The Kier molecular flexibility index (Phi) is 7.52. The monoisotopic (exact) mass is 472 g/mol. The first-order valence-corrected chi connectivity index (χ1v) is 11.6. The number of aromatic nitrogens is 2. The molecule has 0 saturated heterocycles. The van der Waals surface area contributed by atoms with Crippen LogP contribution in [0.15, 0.2) is 66.7 Å². The molecule has 0 spiro atoms. The van der Waals surface area contributed by atoms with Gasteiger partial charge in [-0.05, 0) is 69.0 Å². The second-order valence-corrected chi connectivity index (χ2v) is 8.86. The minimum Gasteiger partial charge on any atom is -0.489 e. The van der Waals surface area contributed by atoms with Gasteiger partial charge in [-0.2, -0.15) is 5.10 Å². The van der Waals surface area contributed by atoms with Gasteiger partial charge in [0.05, 0.1) is 11.1 Å². The molecule has 182 valence electrons. The van der Waals surface area contributed by atoms with Crippen molar-refractivity contribution in [2.24, 2.45) is 0 Å². The number of carbonyl (C=O) groups is 1. The van der Waals surface area contributed by atoms with Crippen LogP contribution in [0.25, 0.3) is 10.9 Å². The highest BCUT2D eigenvalue weighted by Gasteiger charge is 2.15. The summed E-state index contributed by atoms with van der Waals surface area (Å²) in [6.07, 6.45) is 1.04.